The van der Waals surface area contributed by atoms with Crippen LogP contribution in [0.5, 0.6) is 0 Å². The summed E-state index contributed by atoms with van der Waals surface area (Å²) in [6.45, 7) is 5.56. The highest BCUT2D eigenvalue weighted by Crippen LogP contribution is 2.59. The Kier molecular flexibility index (Phi) is 4.71. The van der Waals surface area contributed by atoms with Crippen LogP contribution in [0, 0.1) is 0 Å². The first-order valence-electron chi connectivity index (χ1n) is 10.9. The van der Waals surface area contributed by atoms with Crippen molar-refractivity contribution in [3.63, 3.8) is 0 Å². The second-order valence-corrected chi connectivity index (χ2v) is 9.49. The van der Waals surface area contributed by atoms with Crippen molar-refractivity contribution in [3.05, 3.63) is 89.7 Å². The Morgan fingerprint density at radius 3 is 2.38 bits per heavy atom. The smallest absolute Gasteiger partial charge is 0.324 e. The van der Waals surface area contributed by atoms with E-state index in [-0.39, 0.29) is 11.9 Å². The van der Waals surface area contributed by atoms with Gasteiger partial charge in [0.1, 0.15) is 17.1 Å². The van der Waals surface area contributed by atoms with E-state index in [0.29, 0.717) is 0 Å². The number of nitrogens with one attached hydrogen (secondary N) is 3. The number of para-hydroxylation sites is 1. The Morgan fingerprint density at radius 2 is 1.69 bits per heavy atom. The highest BCUT2D eigenvalue weighted by molar-refractivity contribution is 6.09. The minimum absolute atomic E-state index is 0.120. The zero-order valence-corrected chi connectivity index (χ0v) is 18.4. The number of carbonyl (C=O) groups excluding carboxylic acids is 2. The van der Waals surface area contributed by atoms with E-state index in [2.05, 4.69) is 15.6 Å². The molecule has 4 atom stereocenters. The highest BCUT2D eigenvalue weighted by atomic mass is 16.6. The molecule has 0 saturated carbocycles. The Bertz CT molecular complexity index is 1150. The van der Waals surface area contributed by atoms with Crippen molar-refractivity contribution in [3.8, 4) is 0 Å². The monoisotopic (exact) mass is 429 g/mol. The van der Waals surface area contributed by atoms with Gasteiger partial charge in [0.05, 0.1) is 6.04 Å². The predicted molar refractivity (Wildman–Crippen MR) is 122 cm³/mol. The fourth-order valence-electron chi connectivity index (χ4n) is 5.29. The maximum Gasteiger partial charge on any atom is 0.324 e. The number of carbonyl (C=O) groups is 2. The Labute approximate surface area is 187 Å². The van der Waals surface area contributed by atoms with Gasteiger partial charge in [0.15, 0.2) is 0 Å². The third-order valence-corrected chi connectivity index (χ3v) is 6.37. The molecule has 1 fully saturated rings. The van der Waals surface area contributed by atoms with Crippen LogP contribution in [0.2, 0.25) is 0 Å². The summed E-state index contributed by atoms with van der Waals surface area (Å²) in [6.07, 6.45) is 1.84. The van der Waals surface area contributed by atoms with Gasteiger partial charge in [0.25, 0.3) is 0 Å². The number of hydrogen-bond acceptors (Lipinski definition) is 4. The predicted octanol–water partition coefficient (Wildman–Crippen LogP) is 4.04. The molecule has 1 aromatic heterocycles. The third-order valence-electron chi connectivity index (χ3n) is 6.37. The van der Waals surface area contributed by atoms with Crippen LogP contribution in [0.3, 0.4) is 0 Å². The van der Waals surface area contributed by atoms with Crippen molar-refractivity contribution in [1.82, 2.24) is 10.3 Å². The summed E-state index contributed by atoms with van der Waals surface area (Å²) in [7, 11) is 0. The molecule has 164 valence electrons. The van der Waals surface area contributed by atoms with Crippen LogP contribution in [0.25, 0.3) is 0 Å². The Balaban J connectivity index is 1.76. The lowest BCUT2D eigenvalue weighted by atomic mass is 9.64. The molecule has 2 aliphatic rings. The summed E-state index contributed by atoms with van der Waals surface area (Å²) >= 11 is 0. The largest absolute Gasteiger partial charge is 0.459 e. The summed E-state index contributed by atoms with van der Waals surface area (Å²) in [5.74, 6) is -0.946. The van der Waals surface area contributed by atoms with Gasteiger partial charge in [0.2, 0.25) is 5.91 Å². The van der Waals surface area contributed by atoms with Gasteiger partial charge in [-0.15, -0.1) is 0 Å². The molecule has 3 aromatic rings. The van der Waals surface area contributed by atoms with Gasteiger partial charge in [-0.1, -0.05) is 48.5 Å². The molecule has 1 saturated heterocycles. The fourth-order valence-corrected chi connectivity index (χ4v) is 5.29. The number of amides is 1. The van der Waals surface area contributed by atoms with Crippen LogP contribution in [0.1, 0.15) is 49.6 Å². The summed E-state index contributed by atoms with van der Waals surface area (Å²) in [5, 5.41) is 6.59. The number of aromatic nitrogens is 1. The van der Waals surface area contributed by atoms with Crippen LogP contribution in [0.4, 0.5) is 5.69 Å². The van der Waals surface area contributed by atoms with Crippen molar-refractivity contribution in [2.75, 3.05) is 5.32 Å². The van der Waals surface area contributed by atoms with E-state index >= 15 is 0 Å². The fraction of sp³-hybridized carbons (Fsp3) is 0.308. The zero-order valence-electron chi connectivity index (χ0n) is 18.4. The number of anilines is 1. The van der Waals surface area contributed by atoms with Gasteiger partial charge in [-0.3, -0.25) is 14.9 Å². The SMILES string of the molecule is CC(C)(C)OC(=O)[C@H]1N[C@H](c2ccc[nH]2)[C@]2(C(=O)Nc3ccccc32)[C@@H]1c1ccccc1. The molecule has 0 aliphatic carbocycles. The lowest BCUT2D eigenvalue weighted by Crippen LogP contribution is -2.44. The third kappa shape index (κ3) is 3.06. The molecular weight excluding hydrogens is 402 g/mol. The number of esters is 1. The highest BCUT2D eigenvalue weighted by Gasteiger charge is 2.66. The van der Waals surface area contributed by atoms with Gasteiger partial charge in [-0.2, -0.15) is 0 Å². The molecule has 3 heterocycles. The van der Waals surface area contributed by atoms with Gasteiger partial charge in [0, 0.05) is 23.5 Å². The lowest BCUT2D eigenvalue weighted by molar-refractivity contribution is -0.157. The van der Waals surface area contributed by atoms with Crippen LogP contribution < -0.4 is 10.6 Å². The van der Waals surface area contributed by atoms with Crippen molar-refractivity contribution in [1.29, 1.82) is 0 Å². The molecule has 2 aromatic carbocycles. The Morgan fingerprint density at radius 1 is 0.969 bits per heavy atom. The second kappa shape index (κ2) is 7.35. The molecule has 32 heavy (non-hydrogen) atoms. The first-order chi connectivity index (χ1) is 15.3. The molecule has 0 bridgehead atoms. The quantitative estimate of drug-likeness (QED) is 0.549. The zero-order chi connectivity index (χ0) is 22.5. The molecular formula is C26H27N3O3. The Hall–Kier alpha value is -3.38. The molecule has 1 amide bonds. The van der Waals surface area contributed by atoms with E-state index < -0.39 is 29.0 Å². The average Bonchev–Trinajstić information content (AvgIpc) is 3.46. The van der Waals surface area contributed by atoms with E-state index in [9.17, 15) is 9.59 Å². The molecule has 6 heteroatoms. The topological polar surface area (TPSA) is 83.2 Å². The van der Waals surface area contributed by atoms with Crippen molar-refractivity contribution < 1.29 is 14.3 Å². The normalized spacial score (nSPS) is 26.7. The number of aromatic amines is 1. The van der Waals surface area contributed by atoms with E-state index in [1.807, 2.05) is 93.7 Å². The van der Waals surface area contributed by atoms with Crippen LogP contribution in [-0.2, 0) is 19.7 Å². The average molecular weight is 430 g/mol. The summed E-state index contributed by atoms with van der Waals surface area (Å²) in [4.78, 5) is 30.6. The number of H-pyrrole nitrogens is 1. The maximum absolute atomic E-state index is 13.9. The van der Waals surface area contributed by atoms with Crippen molar-refractivity contribution >= 4 is 17.6 Å². The molecule has 2 aliphatic heterocycles. The first kappa shape index (κ1) is 20.5. The maximum atomic E-state index is 13.9. The molecule has 5 rings (SSSR count). The van der Waals surface area contributed by atoms with E-state index in [1.54, 1.807) is 0 Å². The summed E-state index contributed by atoms with van der Waals surface area (Å²) in [5.41, 5.74) is 1.76. The standard InChI is InChI=1S/C26H27N3O3/c1-25(2,3)32-23(30)21-20(16-10-5-4-6-11-16)26(22(29-21)19-14-9-15-27-19)17-12-7-8-13-18(17)28-24(26)31/h4-15,20-22,27,29H,1-3H3,(H,28,31)/t20-,21+,22-,26-/m1/s1. The van der Waals surface area contributed by atoms with Crippen molar-refractivity contribution in [2.45, 2.75) is 49.8 Å². The minimum Gasteiger partial charge on any atom is -0.459 e. The molecule has 0 radical (unpaired) electrons. The first-order valence-corrected chi connectivity index (χ1v) is 10.9. The van der Waals surface area contributed by atoms with Crippen LogP contribution in [0.15, 0.2) is 72.9 Å². The molecule has 0 unspecified atom stereocenters. The summed E-state index contributed by atoms with van der Waals surface area (Å²) < 4.78 is 5.82. The van der Waals surface area contributed by atoms with Gasteiger partial charge in [-0.05, 0) is 50.1 Å². The van der Waals surface area contributed by atoms with Gasteiger partial charge in [-0.25, -0.2) is 0 Å². The van der Waals surface area contributed by atoms with Crippen LogP contribution >= 0.6 is 0 Å². The van der Waals surface area contributed by atoms with Crippen molar-refractivity contribution in [2.24, 2.45) is 0 Å². The van der Waals surface area contributed by atoms with E-state index in [0.717, 1.165) is 22.5 Å². The second-order valence-electron chi connectivity index (χ2n) is 9.49. The molecule has 6 nitrogen and oxygen atoms in total. The molecule has 3 N–H and O–H groups in total. The minimum atomic E-state index is -1.02. The number of benzene rings is 2. The number of ether oxygens (including phenoxy) is 1. The lowest BCUT2D eigenvalue weighted by Gasteiger charge is -2.35. The number of rotatable bonds is 3. The van der Waals surface area contributed by atoms with E-state index in [4.69, 9.17) is 4.74 Å². The molecule has 1 spiro atoms. The number of fused-ring (bicyclic) bond motifs is 2. The number of hydrogen-bond donors (Lipinski definition) is 3. The van der Waals surface area contributed by atoms with E-state index in [1.165, 1.54) is 0 Å². The summed E-state index contributed by atoms with van der Waals surface area (Å²) in [6, 6.07) is 20.2. The van der Waals surface area contributed by atoms with Gasteiger partial charge >= 0.3 is 5.97 Å². The van der Waals surface area contributed by atoms with Crippen LogP contribution in [-0.4, -0.2) is 28.5 Å². The van der Waals surface area contributed by atoms with Gasteiger partial charge < -0.3 is 15.0 Å².